The molecule has 2 aromatic carbocycles. The molecular weight excluding hydrogens is 340 g/mol. The minimum absolute atomic E-state index is 0.0546. The van der Waals surface area contributed by atoms with E-state index in [0.717, 1.165) is 17.5 Å². The topological polar surface area (TPSA) is 32.3 Å². The average Bonchev–Trinajstić information content (AvgIpc) is 3.12. The van der Waals surface area contributed by atoms with Crippen molar-refractivity contribution >= 4 is 23.4 Å². The van der Waals surface area contributed by atoms with Gasteiger partial charge in [-0.15, -0.1) is 0 Å². The van der Waals surface area contributed by atoms with Gasteiger partial charge in [0.15, 0.2) is 0 Å². The Balaban J connectivity index is 1.59. The van der Waals surface area contributed by atoms with E-state index in [1.165, 1.54) is 30.6 Å². The van der Waals surface area contributed by atoms with Crippen LogP contribution >= 0.6 is 11.8 Å². The van der Waals surface area contributed by atoms with Gasteiger partial charge in [0, 0.05) is 29.1 Å². The number of amides is 1. The van der Waals surface area contributed by atoms with Crippen LogP contribution in [0, 0.1) is 0 Å². The van der Waals surface area contributed by atoms with E-state index >= 15 is 0 Å². The zero-order chi connectivity index (χ0) is 18.4. The van der Waals surface area contributed by atoms with Gasteiger partial charge in [0.2, 0.25) is 0 Å². The summed E-state index contributed by atoms with van der Waals surface area (Å²) in [6, 6.07) is 18.2. The van der Waals surface area contributed by atoms with Gasteiger partial charge in [0.25, 0.3) is 5.91 Å². The van der Waals surface area contributed by atoms with E-state index in [1.807, 2.05) is 48.5 Å². The third-order valence-electron chi connectivity index (χ3n) is 5.04. The monoisotopic (exact) mass is 368 g/mol. The van der Waals surface area contributed by atoms with E-state index < -0.39 is 0 Å². The Kier molecular flexibility index (Phi) is 6.75. The fourth-order valence-corrected chi connectivity index (χ4v) is 4.79. The lowest BCUT2D eigenvalue weighted by Gasteiger charge is -2.24. The number of thioether (sulfide) groups is 1. The second kappa shape index (κ2) is 9.24. The first-order chi connectivity index (χ1) is 12.7. The molecule has 0 bridgehead atoms. The van der Waals surface area contributed by atoms with E-state index in [-0.39, 0.29) is 5.91 Å². The maximum atomic E-state index is 12.5. The van der Waals surface area contributed by atoms with E-state index in [2.05, 4.69) is 42.0 Å². The summed E-state index contributed by atoms with van der Waals surface area (Å²) >= 11 is 2.09. The predicted octanol–water partition coefficient (Wildman–Crippen LogP) is 5.04. The van der Waals surface area contributed by atoms with Crippen LogP contribution < -0.4 is 5.32 Å². The Morgan fingerprint density at radius 3 is 2.73 bits per heavy atom. The van der Waals surface area contributed by atoms with Gasteiger partial charge in [-0.3, -0.25) is 9.69 Å². The highest BCUT2D eigenvalue weighted by molar-refractivity contribution is 7.99. The highest BCUT2D eigenvalue weighted by Crippen LogP contribution is 2.32. The molecule has 1 aliphatic carbocycles. The van der Waals surface area contributed by atoms with Crippen LogP contribution in [0.3, 0.4) is 0 Å². The molecule has 1 aliphatic rings. The lowest BCUT2D eigenvalue weighted by Crippen LogP contribution is -2.29. The fourth-order valence-electron chi connectivity index (χ4n) is 3.66. The van der Waals surface area contributed by atoms with E-state index in [9.17, 15) is 4.79 Å². The number of benzene rings is 2. The van der Waals surface area contributed by atoms with Gasteiger partial charge in [-0.25, -0.2) is 0 Å². The molecule has 1 amide bonds. The van der Waals surface area contributed by atoms with Crippen molar-refractivity contribution in [3.8, 4) is 0 Å². The van der Waals surface area contributed by atoms with Crippen molar-refractivity contribution in [1.29, 1.82) is 0 Å². The highest BCUT2D eigenvalue weighted by Gasteiger charge is 2.27. The molecule has 0 saturated heterocycles. The Morgan fingerprint density at radius 2 is 1.96 bits per heavy atom. The van der Waals surface area contributed by atoms with Gasteiger partial charge < -0.3 is 5.32 Å². The van der Waals surface area contributed by atoms with Gasteiger partial charge in [-0.05, 0) is 61.9 Å². The van der Waals surface area contributed by atoms with E-state index in [0.29, 0.717) is 11.6 Å². The summed E-state index contributed by atoms with van der Waals surface area (Å²) in [5.74, 6) is 1.15. The predicted molar refractivity (Wildman–Crippen MR) is 112 cm³/mol. The van der Waals surface area contributed by atoms with Crippen molar-refractivity contribution in [3.63, 3.8) is 0 Å². The summed E-state index contributed by atoms with van der Waals surface area (Å²) < 4.78 is 0. The van der Waals surface area contributed by atoms with Crippen LogP contribution in [0.25, 0.3) is 0 Å². The summed E-state index contributed by atoms with van der Waals surface area (Å²) in [5.41, 5.74) is 2.73. The van der Waals surface area contributed by atoms with Crippen LogP contribution in [0.4, 0.5) is 5.69 Å². The average molecular weight is 369 g/mol. The molecule has 4 heteroatoms. The molecule has 1 fully saturated rings. The molecule has 3 rings (SSSR count). The fraction of sp³-hybridized carbons (Fsp3) is 0.409. The van der Waals surface area contributed by atoms with Crippen molar-refractivity contribution < 1.29 is 4.79 Å². The lowest BCUT2D eigenvalue weighted by atomic mass is 10.1. The van der Waals surface area contributed by atoms with Crippen LogP contribution in [0.2, 0.25) is 0 Å². The first kappa shape index (κ1) is 19.0. The Hall–Kier alpha value is -1.78. The summed E-state index contributed by atoms with van der Waals surface area (Å²) in [6.07, 6.45) is 3.89. The Labute approximate surface area is 161 Å². The lowest BCUT2D eigenvalue weighted by molar-refractivity contribution is 0.102. The highest BCUT2D eigenvalue weighted by atomic mass is 32.2. The second-order valence-corrected chi connectivity index (χ2v) is 8.56. The first-order valence-corrected chi connectivity index (χ1v) is 10.5. The van der Waals surface area contributed by atoms with Crippen molar-refractivity contribution in [1.82, 2.24) is 4.90 Å². The molecule has 26 heavy (non-hydrogen) atoms. The minimum Gasteiger partial charge on any atom is -0.322 e. The number of anilines is 1. The first-order valence-electron chi connectivity index (χ1n) is 9.43. The molecule has 0 aliphatic heterocycles. The number of carbonyl (C=O) groups excluding carboxylic acids is 1. The molecule has 2 atom stereocenters. The van der Waals surface area contributed by atoms with E-state index in [1.54, 1.807) is 0 Å². The Morgan fingerprint density at radius 1 is 1.15 bits per heavy atom. The molecule has 138 valence electrons. The van der Waals surface area contributed by atoms with Gasteiger partial charge in [-0.2, -0.15) is 11.8 Å². The number of carbonyl (C=O) groups is 1. The third kappa shape index (κ3) is 5.12. The van der Waals surface area contributed by atoms with Crippen molar-refractivity contribution in [2.45, 2.75) is 44.0 Å². The smallest absolute Gasteiger partial charge is 0.255 e. The number of hydrogen-bond donors (Lipinski definition) is 1. The zero-order valence-electron chi connectivity index (χ0n) is 15.7. The van der Waals surface area contributed by atoms with Gasteiger partial charge in [0.05, 0.1) is 0 Å². The number of nitrogens with one attached hydrogen (secondary N) is 1. The standard InChI is InChI=1S/C22H28N2OS/c1-3-26-21-13-12-20(15-21)24(2)16-17-8-7-9-18(14-17)22(25)23-19-10-5-4-6-11-19/h4-11,14,20-21H,3,12-13,15-16H2,1-2H3,(H,23,25)/t20-,21+/m0/s1. The van der Waals surface area contributed by atoms with Crippen molar-refractivity contribution in [2.75, 3.05) is 18.1 Å². The third-order valence-corrected chi connectivity index (χ3v) is 6.27. The van der Waals surface area contributed by atoms with Gasteiger partial charge >= 0.3 is 0 Å². The number of para-hydroxylation sites is 1. The van der Waals surface area contributed by atoms with Crippen molar-refractivity contribution in [3.05, 3.63) is 65.7 Å². The van der Waals surface area contributed by atoms with Crippen LogP contribution in [0.15, 0.2) is 54.6 Å². The molecule has 0 heterocycles. The summed E-state index contributed by atoms with van der Waals surface area (Å²) in [4.78, 5) is 14.9. The molecule has 0 spiro atoms. The quantitative estimate of drug-likeness (QED) is 0.743. The molecule has 1 N–H and O–H groups in total. The Bertz CT molecular complexity index is 719. The van der Waals surface area contributed by atoms with Gasteiger partial charge in [0.1, 0.15) is 0 Å². The molecular formula is C22H28N2OS. The molecule has 3 nitrogen and oxygen atoms in total. The van der Waals surface area contributed by atoms with E-state index in [4.69, 9.17) is 0 Å². The maximum absolute atomic E-state index is 12.5. The minimum atomic E-state index is -0.0546. The molecule has 0 aromatic heterocycles. The van der Waals surface area contributed by atoms with Crippen LogP contribution in [-0.2, 0) is 6.54 Å². The maximum Gasteiger partial charge on any atom is 0.255 e. The molecule has 1 saturated carbocycles. The SMILES string of the molecule is CCS[C@@H]1CC[C@H](N(C)Cc2cccc(C(=O)Nc3ccccc3)c2)C1. The zero-order valence-corrected chi connectivity index (χ0v) is 16.5. The molecule has 0 radical (unpaired) electrons. The van der Waals surface area contributed by atoms with Crippen molar-refractivity contribution in [2.24, 2.45) is 0 Å². The molecule has 0 unspecified atom stereocenters. The van der Waals surface area contributed by atoms with Gasteiger partial charge in [-0.1, -0.05) is 37.3 Å². The largest absolute Gasteiger partial charge is 0.322 e. The summed E-state index contributed by atoms with van der Waals surface area (Å²) in [6.45, 7) is 3.13. The number of nitrogens with zero attached hydrogens (tertiary/aromatic N) is 1. The number of hydrogen-bond acceptors (Lipinski definition) is 3. The number of rotatable bonds is 7. The molecule has 2 aromatic rings. The van der Waals surface area contributed by atoms with Crippen LogP contribution in [-0.4, -0.2) is 34.9 Å². The summed E-state index contributed by atoms with van der Waals surface area (Å²) in [7, 11) is 2.21. The van der Waals surface area contributed by atoms with Crippen LogP contribution in [0.1, 0.15) is 42.1 Å². The summed E-state index contributed by atoms with van der Waals surface area (Å²) in [5, 5.41) is 3.77. The van der Waals surface area contributed by atoms with Crippen LogP contribution in [0.5, 0.6) is 0 Å². The second-order valence-electron chi connectivity index (χ2n) is 6.98. The normalized spacial score (nSPS) is 19.7.